The van der Waals surface area contributed by atoms with Crippen LogP contribution in [0, 0.1) is 6.92 Å². The van der Waals surface area contributed by atoms with Gasteiger partial charge in [0.05, 0.1) is 6.33 Å². The van der Waals surface area contributed by atoms with Gasteiger partial charge in [0, 0.05) is 17.8 Å². The van der Waals surface area contributed by atoms with Crippen LogP contribution in [0.1, 0.15) is 17.7 Å². The molecule has 58 valence electrons. The molecule has 3 heteroatoms. The molecule has 0 saturated carbocycles. The number of hydrogen-bond acceptors (Lipinski definition) is 2. The second-order valence-electron chi connectivity index (χ2n) is 2.92. The lowest BCUT2D eigenvalue weighted by molar-refractivity contribution is 0.722. The first-order chi connectivity index (χ1) is 5.29. The van der Waals surface area contributed by atoms with Gasteiger partial charge >= 0.3 is 0 Å². The fourth-order valence-electron chi connectivity index (χ4n) is 1.57. The summed E-state index contributed by atoms with van der Waals surface area (Å²) >= 11 is 0. The van der Waals surface area contributed by atoms with Crippen molar-refractivity contribution in [3.8, 4) is 0 Å². The zero-order valence-corrected chi connectivity index (χ0v) is 6.50. The third kappa shape index (κ3) is 0.878. The molecule has 1 aliphatic heterocycles. The lowest BCUT2D eigenvalue weighted by Crippen LogP contribution is -2.15. The second kappa shape index (κ2) is 2.19. The molecule has 0 radical (unpaired) electrons. The first-order valence-electron chi connectivity index (χ1n) is 3.84. The van der Waals surface area contributed by atoms with Gasteiger partial charge < -0.3 is 4.57 Å². The average Bonchev–Trinajstić information content (AvgIpc) is 2.45. The minimum absolute atomic E-state index is 0.0712. The normalized spacial score (nSPS) is 15.0. The molecule has 0 bridgehead atoms. The number of aromatic nitrogens is 2. The van der Waals surface area contributed by atoms with Crippen LogP contribution in [-0.4, -0.2) is 9.55 Å². The van der Waals surface area contributed by atoms with Gasteiger partial charge in [0.15, 0.2) is 0 Å². The molecular weight excluding hydrogens is 140 g/mol. The number of hydrogen-bond donors (Lipinski definition) is 0. The number of fused-ring (bicyclic) bond motifs is 1. The van der Waals surface area contributed by atoms with Crippen molar-refractivity contribution in [1.29, 1.82) is 0 Å². The average molecular weight is 150 g/mol. The molecule has 1 aromatic rings. The molecule has 0 aliphatic carbocycles. The van der Waals surface area contributed by atoms with Crippen LogP contribution in [0.4, 0.5) is 0 Å². The van der Waals surface area contributed by atoms with Crippen molar-refractivity contribution in [2.24, 2.45) is 0 Å². The quantitative estimate of drug-likeness (QED) is 0.539. The van der Waals surface area contributed by atoms with Crippen LogP contribution in [-0.2, 0) is 13.0 Å². The van der Waals surface area contributed by atoms with Gasteiger partial charge in [0.2, 0.25) is 0 Å². The molecule has 2 heterocycles. The third-order valence-electron chi connectivity index (χ3n) is 2.23. The maximum absolute atomic E-state index is 11.1. The van der Waals surface area contributed by atoms with Crippen LogP contribution in [0.15, 0.2) is 11.1 Å². The fraction of sp³-hybridized carbons (Fsp3) is 0.500. The molecule has 0 spiro atoms. The van der Waals surface area contributed by atoms with E-state index in [0.29, 0.717) is 0 Å². The predicted molar refractivity (Wildman–Crippen MR) is 41.6 cm³/mol. The van der Waals surface area contributed by atoms with Crippen LogP contribution in [0.25, 0.3) is 0 Å². The monoisotopic (exact) mass is 150 g/mol. The Bertz CT molecular complexity index is 340. The molecule has 0 atom stereocenters. The van der Waals surface area contributed by atoms with Crippen LogP contribution < -0.4 is 5.56 Å². The van der Waals surface area contributed by atoms with Crippen molar-refractivity contribution >= 4 is 0 Å². The van der Waals surface area contributed by atoms with Gasteiger partial charge in [0.25, 0.3) is 5.56 Å². The molecule has 0 aromatic carbocycles. The Hall–Kier alpha value is -1.12. The zero-order chi connectivity index (χ0) is 7.84. The number of aryl methyl sites for hydroxylation is 1. The summed E-state index contributed by atoms with van der Waals surface area (Å²) in [5.41, 5.74) is 1.92. The van der Waals surface area contributed by atoms with Gasteiger partial charge in [-0.2, -0.15) is 4.98 Å². The first-order valence-corrected chi connectivity index (χ1v) is 3.84. The van der Waals surface area contributed by atoms with Crippen LogP contribution >= 0.6 is 0 Å². The highest BCUT2D eigenvalue weighted by molar-refractivity contribution is 5.17. The van der Waals surface area contributed by atoms with Crippen molar-refractivity contribution < 1.29 is 0 Å². The molecule has 1 aliphatic rings. The SMILES string of the molecule is Cc1c2n(cnc1=O)CCC2. The van der Waals surface area contributed by atoms with E-state index in [1.807, 2.05) is 6.92 Å². The van der Waals surface area contributed by atoms with Crippen LogP contribution in [0.2, 0.25) is 0 Å². The fourth-order valence-corrected chi connectivity index (χ4v) is 1.57. The summed E-state index contributed by atoms with van der Waals surface area (Å²) in [5.74, 6) is 0. The van der Waals surface area contributed by atoms with Gasteiger partial charge in [-0.15, -0.1) is 0 Å². The Morgan fingerprint density at radius 3 is 3.27 bits per heavy atom. The number of rotatable bonds is 0. The summed E-state index contributed by atoms with van der Waals surface area (Å²) in [6.45, 7) is 2.87. The highest BCUT2D eigenvalue weighted by atomic mass is 16.1. The molecule has 3 nitrogen and oxygen atoms in total. The van der Waals surface area contributed by atoms with Crippen molar-refractivity contribution in [3.63, 3.8) is 0 Å². The van der Waals surface area contributed by atoms with E-state index in [1.165, 1.54) is 5.69 Å². The van der Waals surface area contributed by atoms with E-state index < -0.39 is 0 Å². The van der Waals surface area contributed by atoms with Crippen molar-refractivity contribution in [2.75, 3.05) is 0 Å². The predicted octanol–water partition coefficient (Wildman–Crippen LogP) is 0.498. The molecule has 2 rings (SSSR count). The van der Waals surface area contributed by atoms with Gasteiger partial charge in [-0.25, -0.2) is 0 Å². The molecule has 11 heavy (non-hydrogen) atoms. The maximum atomic E-state index is 11.1. The lowest BCUT2D eigenvalue weighted by Gasteiger charge is -2.02. The number of nitrogens with zero attached hydrogens (tertiary/aromatic N) is 2. The minimum atomic E-state index is -0.0712. The van der Waals surface area contributed by atoms with Gasteiger partial charge in [0.1, 0.15) is 0 Å². The van der Waals surface area contributed by atoms with E-state index in [4.69, 9.17) is 0 Å². The smallest absolute Gasteiger partial charge is 0.275 e. The van der Waals surface area contributed by atoms with Crippen molar-refractivity contribution in [3.05, 3.63) is 27.9 Å². The molecule has 0 saturated heterocycles. The summed E-state index contributed by atoms with van der Waals surface area (Å²) in [6, 6.07) is 0. The van der Waals surface area contributed by atoms with Gasteiger partial charge in [-0.1, -0.05) is 0 Å². The van der Waals surface area contributed by atoms with E-state index in [1.54, 1.807) is 6.33 Å². The Morgan fingerprint density at radius 2 is 2.45 bits per heavy atom. The van der Waals surface area contributed by atoms with Gasteiger partial charge in [-0.05, 0) is 19.8 Å². The van der Waals surface area contributed by atoms with Gasteiger partial charge in [-0.3, -0.25) is 4.79 Å². The largest absolute Gasteiger partial charge is 0.336 e. The standard InChI is InChI=1S/C8H10N2O/c1-6-7-3-2-4-10(7)5-9-8(6)11/h5H,2-4H2,1H3. The summed E-state index contributed by atoms with van der Waals surface area (Å²) in [4.78, 5) is 14.8. The van der Waals surface area contributed by atoms with Crippen molar-refractivity contribution in [1.82, 2.24) is 9.55 Å². The molecule has 0 amide bonds. The summed E-state index contributed by atoms with van der Waals surface area (Å²) in [7, 11) is 0. The summed E-state index contributed by atoms with van der Waals surface area (Å²) in [5, 5.41) is 0. The summed E-state index contributed by atoms with van der Waals surface area (Å²) < 4.78 is 2.07. The van der Waals surface area contributed by atoms with E-state index in [2.05, 4.69) is 9.55 Å². The highest BCUT2D eigenvalue weighted by Crippen LogP contribution is 2.13. The van der Waals surface area contributed by atoms with E-state index in [0.717, 1.165) is 24.9 Å². The maximum Gasteiger partial charge on any atom is 0.275 e. The van der Waals surface area contributed by atoms with E-state index in [9.17, 15) is 4.79 Å². The molecule has 1 aromatic heterocycles. The topological polar surface area (TPSA) is 34.9 Å². The Morgan fingerprint density at radius 1 is 1.64 bits per heavy atom. The zero-order valence-electron chi connectivity index (χ0n) is 6.50. The summed E-state index contributed by atoms with van der Waals surface area (Å²) in [6.07, 6.45) is 3.83. The van der Waals surface area contributed by atoms with Crippen LogP contribution in [0.3, 0.4) is 0 Å². The Balaban J connectivity index is 2.72. The first kappa shape index (κ1) is 6.58. The molecular formula is C8H10N2O. The minimum Gasteiger partial charge on any atom is -0.336 e. The van der Waals surface area contributed by atoms with E-state index >= 15 is 0 Å². The lowest BCUT2D eigenvalue weighted by atomic mass is 10.2. The third-order valence-corrected chi connectivity index (χ3v) is 2.23. The highest BCUT2D eigenvalue weighted by Gasteiger charge is 2.12. The Labute approximate surface area is 64.7 Å². The second-order valence-corrected chi connectivity index (χ2v) is 2.92. The van der Waals surface area contributed by atoms with Crippen LogP contribution in [0.5, 0.6) is 0 Å². The molecule has 0 N–H and O–H groups in total. The Kier molecular flexibility index (Phi) is 1.31. The van der Waals surface area contributed by atoms with Crippen molar-refractivity contribution in [2.45, 2.75) is 26.3 Å². The molecule has 0 unspecified atom stereocenters. The van der Waals surface area contributed by atoms with E-state index in [-0.39, 0.29) is 5.56 Å². The molecule has 0 fully saturated rings.